The molecule has 0 bridgehead atoms. The van der Waals surface area contributed by atoms with Crippen molar-refractivity contribution in [3.05, 3.63) is 130 Å². The van der Waals surface area contributed by atoms with Crippen molar-refractivity contribution >= 4 is 23.2 Å². The number of carbonyl (C=O) groups is 2. The molecular weight excluding hydrogens is 729 g/mol. The summed E-state index contributed by atoms with van der Waals surface area (Å²) in [5, 5.41) is 0. The van der Waals surface area contributed by atoms with Crippen LogP contribution in [0.15, 0.2) is 97.1 Å². The number of hydrogen-bond donors (Lipinski definition) is 0. The number of piperazine rings is 2. The maximum atomic E-state index is 12.6. The van der Waals surface area contributed by atoms with E-state index < -0.39 is 0 Å². The predicted molar refractivity (Wildman–Crippen MR) is 244 cm³/mol. The molecule has 2 fully saturated rings. The van der Waals surface area contributed by atoms with Gasteiger partial charge in [0.1, 0.15) is 0 Å². The molecule has 4 aliphatic rings. The standard InChI is InChI=1S/C26H35N3O.C25H33N3O/c1-20-17-22(11-12-28(3)26(30)18-21-7-5-4-6-8-21)24-10-9-23(19-25(20)24)29-15-13-27(2)14-16-29;1-19-17-21(11-12-27(3)25(29)20-7-5-4-6-8-20)23-10-9-22(18-24(19)23)28-15-13-26(2)14-16-28/h4-10,19-20,22H,11-18H2,1-3H3;4-10,18-19,21H,11-17H2,1-3H3/t20-,22-;19-,21-/m11/s1. The van der Waals surface area contributed by atoms with Gasteiger partial charge in [-0.15, -0.1) is 0 Å². The Balaban J connectivity index is 0.000000179. The van der Waals surface area contributed by atoms with Crippen molar-refractivity contribution in [1.29, 1.82) is 0 Å². The molecule has 4 atom stereocenters. The van der Waals surface area contributed by atoms with Crippen LogP contribution in [-0.4, -0.2) is 125 Å². The van der Waals surface area contributed by atoms with Crippen molar-refractivity contribution in [3.63, 3.8) is 0 Å². The molecule has 314 valence electrons. The second-order valence-electron chi connectivity index (χ2n) is 18.0. The van der Waals surface area contributed by atoms with Gasteiger partial charge in [-0.1, -0.05) is 74.5 Å². The number of anilines is 2. The summed E-state index contributed by atoms with van der Waals surface area (Å²) >= 11 is 0. The van der Waals surface area contributed by atoms with Gasteiger partial charge in [0.2, 0.25) is 5.91 Å². The average molecular weight is 797 g/mol. The number of carbonyl (C=O) groups excluding carboxylic acids is 2. The number of hydrogen-bond acceptors (Lipinski definition) is 6. The molecule has 8 nitrogen and oxygen atoms in total. The van der Waals surface area contributed by atoms with Crippen LogP contribution in [0.3, 0.4) is 0 Å². The molecule has 2 amide bonds. The third-order valence-corrected chi connectivity index (χ3v) is 13.7. The molecule has 4 aromatic carbocycles. The summed E-state index contributed by atoms with van der Waals surface area (Å²) in [6, 6.07) is 33.9. The zero-order chi connectivity index (χ0) is 41.5. The van der Waals surface area contributed by atoms with Crippen LogP contribution in [0, 0.1) is 0 Å². The first-order valence-corrected chi connectivity index (χ1v) is 22.3. The van der Waals surface area contributed by atoms with Crippen molar-refractivity contribution in [1.82, 2.24) is 19.6 Å². The number of likely N-dealkylation sites (N-methyl/N-ethyl adjacent to an activating group) is 3. The smallest absolute Gasteiger partial charge is 0.253 e. The molecular formula is C51H68N6O2. The first-order chi connectivity index (χ1) is 28.5. The van der Waals surface area contributed by atoms with E-state index in [-0.39, 0.29) is 11.8 Å². The summed E-state index contributed by atoms with van der Waals surface area (Å²) in [6.45, 7) is 15.3. The SMILES string of the molecule is C[C@@H]1C[C@@H](CCN(C)C(=O)Cc2ccccc2)c2ccc(N3CCN(C)CC3)cc21.C[C@@H]1C[C@@H](CCN(C)C(=O)c2ccccc2)c2ccc(N3CCN(C)CC3)cc21. The van der Waals surface area contributed by atoms with Crippen molar-refractivity contribution in [2.45, 2.75) is 69.6 Å². The maximum absolute atomic E-state index is 12.6. The fourth-order valence-corrected chi connectivity index (χ4v) is 9.78. The summed E-state index contributed by atoms with van der Waals surface area (Å²) in [6.07, 6.45) is 4.95. The molecule has 4 aromatic rings. The Bertz CT molecular complexity index is 1990. The van der Waals surface area contributed by atoms with Crippen LogP contribution in [0.25, 0.3) is 0 Å². The van der Waals surface area contributed by atoms with E-state index in [2.05, 4.69) is 83.9 Å². The minimum atomic E-state index is 0.113. The number of amides is 2. The van der Waals surface area contributed by atoms with Gasteiger partial charge in [-0.2, -0.15) is 0 Å². The van der Waals surface area contributed by atoms with Crippen LogP contribution in [-0.2, 0) is 11.2 Å². The molecule has 8 rings (SSSR count). The van der Waals surface area contributed by atoms with Gasteiger partial charge in [-0.05, 0) is 128 Å². The van der Waals surface area contributed by atoms with E-state index in [1.54, 1.807) is 0 Å². The highest BCUT2D eigenvalue weighted by atomic mass is 16.2. The van der Waals surface area contributed by atoms with Crippen molar-refractivity contribution in [3.8, 4) is 0 Å². The second-order valence-corrected chi connectivity index (χ2v) is 18.0. The van der Waals surface area contributed by atoms with Gasteiger partial charge < -0.3 is 29.4 Å². The largest absolute Gasteiger partial charge is 0.369 e. The molecule has 0 spiro atoms. The molecule has 59 heavy (non-hydrogen) atoms. The number of fused-ring (bicyclic) bond motifs is 2. The third kappa shape index (κ3) is 10.6. The Morgan fingerprint density at radius 3 is 1.47 bits per heavy atom. The van der Waals surface area contributed by atoms with Gasteiger partial charge in [0.15, 0.2) is 0 Å². The van der Waals surface area contributed by atoms with Gasteiger partial charge in [0, 0.05) is 96.5 Å². The summed E-state index contributed by atoms with van der Waals surface area (Å²) < 4.78 is 0. The average Bonchev–Trinajstić information content (AvgIpc) is 3.76. The van der Waals surface area contributed by atoms with Gasteiger partial charge in [0.05, 0.1) is 6.42 Å². The fourth-order valence-electron chi connectivity index (χ4n) is 9.78. The first-order valence-electron chi connectivity index (χ1n) is 22.3. The lowest BCUT2D eigenvalue weighted by molar-refractivity contribution is -0.129. The van der Waals surface area contributed by atoms with E-state index in [9.17, 15) is 9.59 Å². The lowest BCUT2D eigenvalue weighted by atomic mass is 9.97. The lowest BCUT2D eigenvalue weighted by Crippen LogP contribution is -2.44. The number of nitrogens with zero attached hydrogens (tertiary/aromatic N) is 6. The minimum absolute atomic E-state index is 0.113. The highest BCUT2D eigenvalue weighted by molar-refractivity contribution is 5.94. The summed E-state index contributed by atoms with van der Waals surface area (Å²) in [7, 11) is 8.27. The van der Waals surface area contributed by atoms with Gasteiger partial charge in [0.25, 0.3) is 5.91 Å². The predicted octanol–water partition coefficient (Wildman–Crippen LogP) is 8.31. The third-order valence-electron chi connectivity index (χ3n) is 13.7. The molecule has 0 saturated carbocycles. The highest BCUT2D eigenvalue weighted by Gasteiger charge is 2.31. The zero-order valence-corrected chi connectivity index (χ0v) is 36.7. The molecule has 0 unspecified atom stereocenters. The lowest BCUT2D eigenvalue weighted by Gasteiger charge is -2.34. The molecule has 2 heterocycles. The fraction of sp³-hybridized carbons (Fsp3) is 0.490. The molecule has 2 saturated heterocycles. The van der Waals surface area contributed by atoms with Crippen molar-refractivity contribution < 1.29 is 9.59 Å². The molecule has 2 aliphatic carbocycles. The van der Waals surface area contributed by atoms with Crippen LogP contribution in [0.5, 0.6) is 0 Å². The van der Waals surface area contributed by atoms with Crippen LogP contribution in [0.4, 0.5) is 11.4 Å². The Kier molecular flexibility index (Phi) is 14.1. The normalized spacial score (nSPS) is 21.7. The Morgan fingerprint density at radius 2 is 1.00 bits per heavy atom. The number of rotatable bonds is 11. The van der Waals surface area contributed by atoms with E-state index in [0.29, 0.717) is 30.1 Å². The Morgan fingerprint density at radius 1 is 0.559 bits per heavy atom. The van der Waals surface area contributed by atoms with Crippen LogP contribution >= 0.6 is 0 Å². The number of benzene rings is 4. The molecule has 2 aliphatic heterocycles. The molecule has 8 heteroatoms. The van der Waals surface area contributed by atoms with Gasteiger partial charge >= 0.3 is 0 Å². The van der Waals surface area contributed by atoms with Crippen LogP contribution in [0.1, 0.15) is 101 Å². The van der Waals surface area contributed by atoms with E-state index >= 15 is 0 Å². The van der Waals surface area contributed by atoms with Crippen molar-refractivity contribution in [2.75, 3.05) is 103 Å². The van der Waals surface area contributed by atoms with Gasteiger partial charge in [-0.25, -0.2) is 0 Å². The summed E-state index contributed by atoms with van der Waals surface area (Å²) in [5.74, 6) is 2.62. The Hall–Kier alpha value is -4.66. The van der Waals surface area contributed by atoms with Gasteiger partial charge in [-0.3, -0.25) is 9.59 Å². The van der Waals surface area contributed by atoms with E-state index in [4.69, 9.17) is 0 Å². The van der Waals surface area contributed by atoms with E-state index in [0.717, 1.165) is 89.4 Å². The minimum Gasteiger partial charge on any atom is -0.369 e. The van der Waals surface area contributed by atoms with E-state index in [1.807, 2.05) is 84.6 Å². The summed E-state index contributed by atoms with van der Waals surface area (Å²) in [4.78, 5) is 38.8. The highest BCUT2D eigenvalue weighted by Crippen LogP contribution is 2.46. The topological polar surface area (TPSA) is 53.6 Å². The first kappa shape index (κ1) is 42.5. The second kappa shape index (κ2) is 19.6. The molecule has 0 radical (unpaired) electrons. The molecule has 0 aromatic heterocycles. The van der Waals surface area contributed by atoms with Crippen LogP contribution < -0.4 is 9.80 Å². The summed E-state index contributed by atoms with van der Waals surface area (Å²) in [5.41, 5.74) is 10.7. The maximum Gasteiger partial charge on any atom is 0.253 e. The zero-order valence-electron chi connectivity index (χ0n) is 36.7. The molecule has 0 N–H and O–H groups in total. The van der Waals surface area contributed by atoms with E-state index in [1.165, 1.54) is 46.5 Å². The monoisotopic (exact) mass is 797 g/mol. The Labute approximate surface area is 354 Å². The quantitative estimate of drug-likeness (QED) is 0.152. The van der Waals surface area contributed by atoms with Crippen molar-refractivity contribution in [2.24, 2.45) is 0 Å². The van der Waals surface area contributed by atoms with Crippen LogP contribution in [0.2, 0.25) is 0 Å².